The van der Waals surface area contributed by atoms with Crippen LogP contribution in [0, 0.1) is 0 Å². The lowest BCUT2D eigenvalue weighted by atomic mass is 10.1. The van der Waals surface area contributed by atoms with Gasteiger partial charge in [0, 0.05) is 24.2 Å². The molecule has 2 aromatic heterocycles. The van der Waals surface area contributed by atoms with Crippen LogP contribution < -0.4 is 4.74 Å². The average Bonchev–Trinajstić information content (AvgIpc) is 3.03. The van der Waals surface area contributed by atoms with E-state index in [2.05, 4.69) is 14.8 Å². The van der Waals surface area contributed by atoms with Crippen molar-refractivity contribution in [3.05, 3.63) is 66.6 Å². The summed E-state index contributed by atoms with van der Waals surface area (Å²) in [6.07, 6.45) is -0.731. The van der Waals surface area contributed by atoms with Crippen molar-refractivity contribution in [2.75, 3.05) is 0 Å². The van der Waals surface area contributed by atoms with Gasteiger partial charge < -0.3 is 9.84 Å². The van der Waals surface area contributed by atoms with E-state index in [4.69, 9.17) is 0 Å². The zero-order chi connectivity index (χ0) is 17.9. The standard InChI is InChI=1S/C17H14F3N3O2/c18-17(19,20)25-14-5-3-12(4-6-14)16(24)11-23-15(7-9-22-23)13-2-1-8-21-10-13/h1-10,16,24H,11H2/t16-/m1/s1. The monoisotopic (exact) mass is 349 g/mol. The predicted molar refractivity (Wildman–Crippen MR) is 83.5 cm³/mol. The zero-order valence-electron chi connectivity index (χ0n) is 12.9. The highest BCUT2D eigenvalue weighted by Crippen LogP contribution is 2.26. The molecule has 0 amide bonds. The number of aromatic nitrogens is 3. The number of pyridine rings is 1. The molecule has 0 saturated carbocycles. The number of aliphatic hydroxyl groups excluding tert-OH is 1. The summed E-state index contributed by atoms with van der Waals surface area (Å²) in [6.45, 7) is 0.150. The molecule has 0 fully saturated rings. The third-order valence-corrected chi connectivity index (χ3v) is 3.52. The number of aliphatic hydroxyl groups is 1. The van der Waals surface area contributed by atoms with E-state index in [0.29, 0.717) is 5.56 Å². The molecule has 0 aliphatic carbocycles. The van der Waals surface area contributed by atoms with Crippen molar-refractivity contribution in [3.8, 4) is 17.0 Å². The van der Waals surface area contributed by atoms with Crippen LogP contribution in [0.25, 0.3) is 11.3 Å². The molecule has 1 aromatic carbocycles. The van der Waals surface area contributed by atoms with Crippen LogP contribution in [0.15, 0.2) is 61.1 Å². The van der Waals surface area contributed by atoms with Gasteiger partial charge in [-0.1, -0.05) is 12.1 Å². The van der Waals surface area contributed by atoms with Crippen LogP contribution in [0.3, 0.4) is 0 Å². The van der Waals surface area contributed by atoms with Gasteiger partial charge in [-0.15, -0.1) is 13.2 Å². The van der Waals surface area contributed by atoms with Gasteiger partial charge >= 0.3 is 6.36 Å². The van der Waals surface area contributed by atoms with Gasteiger partial charge in [0.2, 0.25) is 0 Å². The molecule has 1 N–H and O–H groups in total. The fraction of sp³-hybridized carbons (Fsp3) is 0.176. The number of halogens is 3. The number of ether oxygens (including phenoxy) is 1. The zero-order valence-corrected chi connectivity index (χ0v) is 12.9. The molecule has 25 heavy (non-hydrogen) atoms. The number of hydrogen-bond acceptors (Lipinski definition) is 4. The van der Waals surface area contributed by atoms with Crippen LogP contribution in [0.2, 0.25) is 0 Å². The van der Waals surface area contributed by atoms with Gasteiger partial charge in [0.1, 0.15) is 5.75 Å². The molecule has 2 heterocycles. The fourth-order valence-electron chi connectivity index (χ4n) is 2.40. The minimum atomic E-state index is -4.74. The van der Waals surface area contributed by atoms with Crippen molar-refractivity contribution in [1.82, 2.24) is 14.8 Å². The number of nitrogens with zero attached hydrogens (tertiary/aromatic N) is 3. The van der Waals surface area contributed by atoms with E-state index >= 15 is 0 Å². The van der Waals surface area contributed by atoms with Crippen LogP contribution in [0.1, 0.15) is 11.7 Å². The van der Waals surface area contributed by atoms with Crippen molar-refractivity contribution in [2.45, 2.75) is 19.0 Å². The summed E-state index contributed by atoms with van der Waals surface area (Å²) in [6, 6.07) is 10.6. The largest absolute Gasteiger partial charge is 0.573 e. The third-order valence-electron chi connectivity index (χ3n) is 3.52. The molecule has 8 heteroatoms. The Bertz CT molecular complexity index is 817. The maximum Gasteiger partial charge on any atom is 0.573 e. The summed E-state index contributed by atoms with van der Waals surface area (Å²) in [5.74, 6) is -0.335. The second kappa shape index (κ2) is 6.94. The Kier molecular flexibility index (Phi) is 4.71. The summed E-state index contributed by atoms with van der Waals surface area (Å²) in [5.41, 5.74) is 2.09. The summed E-state index contributed by atoms with van der Waals surface area (Å²) in [7, 11) is 0. The lowest BCUT2D eigenvalue weighted by Crippen LogP contribution is -2.17. The van der Waals surface area contributed by atoms with Crippen LogP contribution in [0.5, 0.6) is 5.75 Å². The molecule has 0 spiro atoms. The molecule has 3 aromatic rings. The molecule has 0 aliphatic rings. The second-order valence-corrected chi connectivity index (χ2v) is 5.27. The van der Waals surface area contributed by atoms with Crippen molar-refractivity contribution in [3.63, 3.8) is 0 Å². The summed E-state index contributed by atoms with van der Waals surface area (Å²) < 4.78 is 41.9. The Morgan fingerprint density at radius 3 is 2.48 bits per heavy atom. The second-order valence-electron chi connectivity index (χ2n) is 5.27. The van der Waals surface area contributed by atoms with E-state index < -0.39 is 12.5 Å². The first-order valence-corrected chi connectivity index (χ1v) is 7.38. The molecule has 3 rings (SSSR count). The van der Waals surface area contributed by atoms with Crippen LogP contribution in [-0.4, -0.2) is 26.2 Å². The van der Waals surface area contributed by atoms with Gasteiger partial charge in [0.25, 0.3) is 0 Å². The van der Waals surface area contributed by atoms with Crippen molar-refractivity contribution >= 4 is 0 Å². The van der Waals surface area contributed by atoms with Crippen LogP contribution in [-0.2, 0) is 6.54 Å². The number of benzene rings is 1. The SMILES string of the molecule is O[C@H](Cn1nccc1-c1cccnc1)c1ccc(OC(F)(F)F)cc1. The Hall–Kier alpha value is -2.87. The highest BCUT2D eigenvalue weighted by molar-refractivity contribution is 5.57. The predicted octanol–water partition coefficient (Wildman–Crippen LogP) is 3.58. The summed E-state index contributed by atoms with van der Waals surface area (Å²) >= 11 is 0. The molecular weight excluding hydrogens is 335 g/mol. The molecule has 1 atom stereocenters. The van der Waals surface area contributed by atoms with E-state index in [1.807, 2.05) is 6.07 Å². The van der Waals surface area contributed by atoms with Crippen molar-refractivity contribution < 1.29 is 23.0 Å². The number of alkyl halides is 3. The summed E-state index contributed by atoms with van der Waals surface area (Å²) in [5, 5.41) is 14.5. The van der Waals surface area contributed by atoms with E-state index in [-0.39, 0.29) is 12.3 Å². The summed E-state index contributed by atoms with van der Waals surface area (Å²) in [4.78, 5) is 4.05. The molecule has 0 saturated heterocycles. The van der Waals surface area contributed by atoms with Gasteiger partial charge in [0.05, 0.1) is 18.3 Å². The first kappa shape index (κ1) is 17.0. The molecular formula is C17H14F3N3O2. The highest BCUT2D eigenvalue weighted by atomic mass is 19.4. The Morgan fingerprint density at radius 2 is 1.84 bits per heavy atom. The van der Waals surface area contributed by atoms with E-state index in [9.17, 15) is 18.3 Å². The van der Waals surface area contributed by atoms with Crippen molar-refractivity contribution in [1.29, 1.82) is 0 Å². The maximum absolute atomic E-state index is 12.2. The third kappa shape index (κ3) is 4.36. The number of rotatable bonds is 5. The Balaban J connectivity index is 1.73. The minimum Gasteiger partial charge on any atom is -0.406 e. The minimum absolute atomic E-state index is 0.150. The first-order valence-electron chi connectivity index (χ1n) is 7.38. The van der Waals surface area contributed by atoms with Crippen LogP contribution >= 0.6 is 0 Å². The van der Waals surface area contributed by atoms with Gasteiger partial charge in [-0.3, -0.25) is 9.67 Å². The number of hydrogen-bond donors (Lipinski definition) is 1. The highest BCUT2D eigenvalue weighted by Gasteiger charge is 2.31. The smallest absolute Gasteiger partial charge is 0.406 e. The Morgan fingerprint density at radius 1 is 1.08 bits per heavy atom. The molecule has 0 unspecified atom stereocenters. The van der Waals surface area contributed by atoms with E-state index in [1.165, 1.54) is 12.1 Å². The van der Waals surface area contributed by atoms with Gasteiger partial charge in [-0.05, 0) is 35.9 Å². The lowest BCUT2D eigenvalue weighted by molar-refractivity contribution is -0.274. The molecule has 0 radical (unpaired) electrons. The first-order chi connectivity index (χ1) is 11.9. The lowest BCUT2D eigenvalue weighted by Gasteiger charge is -2.15. The Labute approximate surface area is 141 Å². The van der Waals surface area contributed by atoms with Gasteiger partial charge in [0.15, 0.2) is 0 Å². The van der Waals surface area contributed by atoms with Crippen molar-refractivity contribution in [2.24, 2.45) is 0 Å². The topological polar surface area (TPSA) is 60.2 Å². The maximum atomic E-state index is 12.2. The van der Waals surface area contributed by atoms with E-state index in [0.717, 1.165) is 23.4 Å². The quantitative estimate of drug-likeness (QED) is 0.765. The van der Waals surface area contributed by atoms with Gasteiger partial charge in [-0.2, -0.15) is 5.10 Å². The molecule has 5 nitrogen and oxygen atoms in total. The normalized spacial score (nSPS) is 12.8. The van der Waals surface area contributed by atoms with Crippen LogP contribution in [0.4, 0.5) is 13.2 Å². The molecule has 130 valence electrons. The molecule has 0 aliphatic heterocycles. The van der Waals surface area contributed by atoms with E-state index in [1.54, 1.807) is 35.4 Å². The molecule has 0 bridgehead atoms. The fourth-order valence-corrected chi connectivity index (χ4v) is 2.40. The average molecular weight is 349 g/mol. The van der Waals surface area contributed by atoms with Gasteiger partial charge in [-0.25, -0.2) is 0 Å².